The van der Waals surface area contributed by atoms with Gasteiger partial charge in [0.05, 0.1) is 6.10 Å². The van der Waals surface area contributed by atoms with Crippen molar-refractivity contribution in [3.8, 4) is 0 Å². The number of hydrogen-bond acceptors (Lipinski definition) is 2. The molecule has 0 amide bonds. The van der Waals surface area contributed by atoms with E-state index in [0.717, 1.165) is 19.4 Å². The van der Waals surface area contributed by atoms with Gasteiger partial charge in [-0.05, 0) is 26.7 Å². The van der Waals surface area contributed by atoms with E-state index in [2.05, 4.69) is 26.6 Å². The van der Waals surface area contributed by atoms with Gasteiger partial charge in [0.2, 0.25) is 0 Å². The molecule has 0 aliphatic carbocycles. The molecule has 1 fully saturated rings. The molecular weight excluding hydrogens is 180 g/mol. The lowest BCUT2D eigenvalue weighted by molar-refractivity contribution is -0.170. The second kappa shape index (κ2) is 3.71. The molecule has 1 rings (SSSR count). The van der Waals surface area contributed by atoms with Crippen molar-refractivity contribution in [1.29, 1.82) is 0 Å². The van der Waals surface area contributed by atoms with Crippen molar-refractivity contribution < 1.29 is 9.47 Å². The van der Waals surface area contributed by atoms with E-state index in [4.69, 9.17) is 9.47 Å². The third-order valence-electron chi connectivity index (χ3n) is 2.79. The lowest BCUT2D eigenvalue weighted by Crippen LogP contribution is -2.54. The number of ether oxygens (including phenoxy) is 2. The van der Waals surface area contributed by atoms with E-state index >= 15 is 0 Å². The van der Waals surface area contributed by atoms with Gasteiger partial charge in [-0.15, -0.1) is 0 Å². The average Bonchev–Trinajstić information content (AvgIpc) is 2.32. The molecule has 0 aromatic rings. The minimum atomic E-state index is -1.38. The molecular formula is C10H22O2Si. The minimum absolute atomic E-state index is 0.207. The van der Waals surface area contributed by atoms with Gasteiger partial charge >= 0.3 is 0 Å². The van der Waals surface area contributed by atoms with Gasteiger partial charge in [0.25, 0.3) is 0 Å². The molecule has 1 aliphatic heterocycles. The summed E-state index contributed by atoms with van der Waals surface area (Å²) in [5, 5.41) is 0. The van der Waals surface area contributed by atoms with Gasteiger partial charge in [0.15, 0.2) is 5.41 Å². The fourth-order valence-electron chi connectivity index (χ4n) is 1.94. The van der Waals surface area contributed by atoms with Crippen molar-refractivity contribution in [2.24, 2.45) is 0 Å². The molecule has 2 atom stereocenters. The SMILES string of the molecule is CCOC1([Si](C)(C)C)CCC(C)O1. The molecule has 1 heterocycles. The third kappa shape index (κ3) is 2.14. The summed E-state index contributed by atoms with van der Waals surface area (Å²) < 4.78 is 11.9. The predicted octanol–water partition coefficient (Wildman–Crippen LogP) is 2.80. The van der Waals surface area contributed by atoms with Gasteiger partial charge in [0, 0.05) is 6.61 Å². The quantitative estimate of drug-likeness (QED) is 0.655. The largest absolute Gasteiger partial charge is 0.354 e. The Bertz CT molecular complexity index is 172. The first-order valence-corrected chi connectivity index (χ1v) is 8.73. The Morgan fingerprint density at radius 1 is 1.46 bits per heavy atom. The monoisotopic (exact) mass is 202 g/mol. The van der Waals surface area contributed by atoms with Crippen LogP contribution in [0.15, 0.2) is 0 Å². The van der Waals surface area contributed by atoms with E-state index in [9.17, 15) is 0 Å². The first-order chi connectivity index (χ1) is 5.91. The van der Waals surface area contributed by atoms with Crippen LogP contribution in [0.5, 0.6) is 0 Å². The smallest absolute Gasteiger partial charge is 0.151 e. The van der Waals surface area contributed by atoms with Crippen molar-refractivity contribution in [2.45, 2.75) is 57.8 Å². The summed E-state index contributed by atoms with van der Waals surface area (Å²) in [6.07, 6.45) is 2.60. The molecule has 0 radical (unpaired) electrons. The van der Waals surface area contributed by atoms with Crippen LogP contribution >= 0.6 is 0 Å². The van der Waals surface area contributed by atoms with Crippen LogP contribution in [0.2, 0.25) is 19.6 Å². The molecule has 2 unspecified atom stereocenters. The van der Waals surface area contributed by atoms with Gasteiger partial charge in [-0.25, -0.2) is 0 Å². The van der Waals surface area contributed by atoms with Gasteiger partial charge in [-0.3, -0.25) is 0 Å². The van der Waals surface area contributed by atoms with Gasteiger partial charge in [-0.1, -0.05) is 19.6 Å². The van der Waals surface area contributed by atoms with Gasteiger partial charge in [0.1, 0.15) is 8.07 Å². The molecule has 0 N–H and O–H groups in total. The molecule has 0 bridgehead atoms. The Hall–Kier alpha value is 0.137. The van der Waals surface area contributed by atoms with Crippen LogP contribution in [0, 0.1) is 0 Å². The molecule has 1 aliphatic rings. The Morgan fingerprint density at radius 3 is 2.38 bits per heavy atom. The van der Waals surface area contributed by atoms with E-state index in [1.165, 1.54) is 0 Å². The summed E-state index contributed by atoms with van der Waals surface area (Å²) in [5.41, 5.74) is -0.207. The highest BCUT2D eigenvalue weighted by molar-refractivity contribution is 6.78. The molecule has 78 valence electrons. The highest BCUT2D eigenvalue weighted by Gasteiger charge is 2.49. The van der Waals surface area contributed by atoms with Gasteiger partial charge < -0.3 is 9.47 Å². The minimum Gasteiger partial charge on any atom is -0.354 e. The fourth-order valence-corrected chi connectivity index (χ4v) is 3.97. The zero-order valence-corrected chi connectivity index (χ0v) is 10.5. The lowest BCUT2D eigenvalue weighted by atomic mass is 10.2. The van der Waals surface area contributed by atoms with Crippen LogP contribution in [-0.2, 0) is 9.47 Å². The molecule has 0 aromatic carbocycles. The Morgan fingerprint density at radius 2 is 2.08 bits per heavy atom. The zero-order valence-electron chi connectivity index (χ0n) is 9.52. The molecule has 1 saturated heterocycles. The zero-order chi connectivity index (χ0) is 10.1. The molecule has 2 nitrogen and oxygen atoms in total. The van der Waals surface area contributed by atoms with Crippen LogP contribution < -0.4 is 0 Å². The second-order valence-electron chi connectivity index (χ2n) is 4.90. The number of rotatable bonds is 3. The fraction of sp³-hybridized carbons (Fsp3) is 1.00. The maximum absolute atomic E-state index is 5.99. The van der Waals surface area contributed by atoms with Crippen molar-refractivity contribution in [1.82, 2.24) is 0 Å². The topological polar surface area (TPSA) is 18.5 Å². The molecule has 0 spiro atoms. The summed E-state index contributed by atoms with van der Waals surface area (Å²) in [4.78, 5) is 0. The van der Waals surface area contributed by atoms with Crippen LogP contribution in [0.3, 0.4) is 0 Å². The van der Waals surface area contributed by atoms with Crippen molar-refractivity contribution >= 4 is 8.07 Å². The first kappa shape index (κ1) is 11.2. The Balaban J connectivity index is 2.77. The van der Waals surface area contributed by atoms with E-state index < -0.39 is 8.07 Å². The summed E-state index contributed by atoms with van der Waals surface area (Å²) in [5.74, 6) is 0. The van der Waals surface area contributed by atoms with E-state index in [1.54, 1.807) is 0 Å². The molecule has 13 heavy (non-hydrogen) atoms. The summed E-state index contributed by atoms with van der Waals surface area (Å²) >= 11 is 0. The summed E-state index contributed by atoms with van der Waals surface area (Å²) in [6, 6.07) is 0. The van der Waals surface area contributed by atoms with E-state index in [0.29, 0.717) is 6.10 Å². The van der Waals surface area contributed by atoms with E-state index in [-0.39, 0.29) is 5.41 Å². The number of hydrogen-bond donors (Lipinski definition) is 0. The molecule has 3 heteroatoms. The maximum atomic E-state index is 5.99. The van der Waals surface area contributed by atoms with Crippen molar-refractivity contribution in [3.63, 3.8) is 0 Å². The predicted molar refractivity (Wildman–Crippen MR) is 57.5 cm³/mol. The average molecular weight is 202 g/mol. The second-order valence-corrected chi connectivity index (χ2v) is 10.2. The van der Waals surface area contributed by atoms with Gasteiger partial charge in [-0.2, -0.15) is 0 Å². The van der Waals surface area contributed by atoms with Crippen LogP contribution in [0.1, 0.15) is 26.7 Å². The van der Waals surface area contributed by atoms with Crippen LogP contribution in [-0.4, -0.2) is 26.2 Å². The maximum Gasteiger partial charge on any atom is 0.151 e. The molecule has 0 aromatic heterocycles. The highest BCUT2D eigenvalue weighted by atomic mass is 28.3. The Kier molecular flexibility index (Phi) is 3.20. The summed E-state index contributed by atoms with van der Waals surface area (Å²) in [7, 11) is -1.38. The molecule has 0 saturated carbocycles. The van der Waals surface area contributed by atoms with Crippen LogP contribution in [0.25, 0.3) is 0 Å². The normalized spacial score (nSPS) is 35.3. The third-order valence-corrected chi connectivity index (χ3v) is 5.59. The van der Waals surface area contributed by atoms with Crippen molar-refractivity contribution in [3.05, 3.63) is 0 Å². The highest BCUT2D eigenvalue weighted by Crippen LogP contribution is 2.38. The Labute approximate surface area is 82.6 Å². The lowest BCUT2D eigenvalue weighted by Gasteiger charge is -2.39. The van der Waals surface area contributed by atoms with Crippen LogP contribution in [0.4, 0.5) is 0 Å². The summed E-state index contributed by atoms with van der Waals surface area (Å²) in [6.45, 7) is 11.9. The van der Waals surface area contributed by atoms with E-state index in [1.807, 2.05) is 6.92 Å². The standard InChI is InChI=1S/C10H22O2Si/c1-6-11-10(13(3,4)5)8-7-9(2)12-10/h9H,6-8H2,1-5H3. The first-order valence-electron chi connectivity index (χ1n) is 5.23. The van der Waals surface area contributed by atoms with Crippen molar-refractivity contribution in [2.75, 3.05) is 6.61 Å².